The Labute approximate surface area is 164 Å². The van der Waals surface area contributed by atoms with Gasteiger partial charge in [-0.3, -0.25) is 4.79 Å². The highest BCUT2D eigenvalue weighted by atomic mass is 79.9. The van der Waals surface area contributed by atoms with Gasteiger partial charge in [0.05, 0.1) is 9.37 Å². The van der Waals surface area contributed by atoms with E-state index in [-0.39, 0.29) is 10.8 Å². The van der Waals surface area contributed by atoms with Crippen molar-refractivity contribution in [3.8, 4) is 0 Å². The van der Waals surface area contributed by atoms with Crippen molar-refractivity contribution in [2.24, 2.45) is 0 Å². The van der Waals surface area contributed by atoms with Crippen LogP contribution in [0.3, 0.4) is 0 Å². The Morgan fingerprint density at radius 3 is 2.50 bits per heavy atom. The summed E-state index contributed by atoms with van der Waals surface area (Å²) in [4.78, 5) is 18.7. The van der Waals surface area contributed by atoms with Gasteiger partial charge in [0.1, 0.15) is 9.71 Å². The summed E-state index contributed by atoms with van der Waals surface area (Å²) in [6, 6.07) is 8.48. The number of thiophene rings is 1. The number of carbonyl (C=O) groups excluding carboxylic acids is 1. The Bertz CT molecular complexity index is 1100. The van der Waals surface area contributed by atoms with E-state index in [0.29, 0.717) is 11.4 Å². The van der Waals surface area contributed by atoms with Crippen LogP contribution in [0, 0.1) is 13.8 Å². The van der Waals surface area contributed by atoms with E-state index in [1.807, 2.05) is 19.9 Å². The van der Waals surface area contributed by atoms with E-state index in [1.54, 1.807) is 24.3 Å². The molecule has 0 saturated heterocycles. The summed E-state index contributed by atoms with van der Waals surface area (Å²) < 4.78 is 23.7. The van der Waals surface area contributed by atoms with Gasteiger partial charge >= 0.3 is 0 Å². The molecule has 3 rings (SSSR count). The molecule has 0 radical (unpaired) electrons. The molecule has 0 aliphatic carbocycles. The van der Waals surface area contributed by atoms with Crippen molar-refractivity contribution in [3.05, 3.63) is 56.5 Å². The number of halogens is 1. The van der Waals surface area contributed by atoms with Crippen molar-refractivity contribution in [3.63, 3.8) is 0 Å². The monoisotopic (exact) mass is 452 g/mol. The number of aryl methyl sites for hydroxylation is 2. The van der Waals surface area contributed by atoms with Gasteiger partial charge in [-0.1, -0.05) is 12.1 Å². The van der Waals surface area contributed by atoms with Crippen molar-refractivity contribution >= 4 is 53.2 Å². The van der Waals surface area contributed by atoms with E-state index in [9.17, 15) is 13.2 Å². The molecule has 3 aromatic rings. The smallest absolute Gasteiger partial charge is 0.262 e. The molecule has 2 aromatic heterocycles. The van der Waals surface area contributed by atoms with Crippen LogP contribution in [0.2, 0.25) is 0 Å². The summed E-state index contributed by atoms with van der Waals surface area (Å²) in [5.41, 5.74) is 2.82. The van der Waals surface area contributed by atoms with Crippen LogP contribution >= 0.6 is 27.3 Å². The topological polar surface area (TPSA) is 76.1 Å². The van der Waals surface area contributed by atoms with Gasteiger partial charge in [0, 0.05) is 23.9 Å². The second kappa shape index (κ2) is 7.09. The molecule has 1 N–H and O–H groups in total. The lowest BCUT2D eigenvalue weighted by Crippen LogP contribution is -2.22. The molecule has 8 heteroatoms. The minimum absolute atomic E-state index is 0.191. The van der Waals surface area contributed by atoms with E-state index in [0.717, 1.165) is 31.5 Å². The van der Waals surface area contributed by atoms with E-state index in [2.05, 4.69) is 26.2 Å². The van der Waals surface area contributed by atoms with E-state index < -0.39 is 9.84 Å². The molecule has 0 saturated carbocycles. The molecule has 26 heavy (non-hydrogen) atoms. The van der Waals surface area contributed by atoms with Crippen LogP contribution in [0.4, 0.5) is 0 Å². The number of pyridine rings is 1. The minimum atomic E-state index is -3.22. The molecular formula is C18H17BrN2O3S2. The fourth-order valence-corrected chi connectivity index (χ4v) is 5.45. The maximum absolute atomic E-state index is 12.6. The molecule has 5 nitrogen and oxygen atoms in total. The average Bonchev–Trinajstić information content (AvgIpc) is 2.89. The van der Waals surface area contributed by atoms with Gasteiger partial charge in [-0.25, -0.2) is 13.4 Å². The first kappa shape index (κ1) is 19.0. The van der Waals surface area contributed by atoms with Crippen molar-refractivity contribution in [1.29, 1.82) is 0 Å². The Morgan fingerprint density at radius 2 is 1.88 bits per heavy atom. The van der Waals surface area contributed by atoms with Crippen molar-refractivity contribution < 1.29 is 13.2 Å². The van der Waals surface area contributed by atoms with Crippen molar-refractivity contribution in [2.45, 2.75) is 25.3 Å². The largest absolute Gasteiger partial charge is 0.347 e. The molecule has 0 bridgehead atoms. The number of carbonyl (C=O) groups is 1. The summed E-state index contributed by atoms with van der Waals surface area (Å²) >= 11 is 4.88. The van der Waals surface area contributed by atoms with Crippen molar-refractivity contribution in [2.75, 3.05) is 6.26 Å². The highest BCUT2D eigenvalue weighted by Gasteiger charge is 2.19. The third-order valence-corrected chi connectivity index (χ3v) is 7.21. The normalized spacial score (nSPS) is 11.7. The maximum atomic E-state index is 12.6. The Kier molecular flexibility index (Phi) is 5.18. The van der Waals surface area contributed by atoms with E-state index >= 15 is 0 Å². The van der Waals surface area contributed by atoms with Crippen LogP contribution in [0.5, 0.6) is 0 Å². The van der Waals surface area contributed by atoms with E-state index in [1.165, 1.54) is 17.6 Å². The first-order chi connectivity index (χ1) is 12.2. The number of hydrogen-bond donors (Lipinski definition) is 1. The van der Waals surface area contributed by atoms with E-state index in [4.69, 9.17) is 0 Å². The molecule has 0 spiro atoms. The lowest BCUT2D eigenvalue weighted by atomic mass is 10.2. The number of nitrogens with zero attached hydrogens (tertiary/aromatic N) is 1. The summed E-state index contributed by atoms with van der Waals surface area (Å²) in [5, 5.41) is 3.83. The SMILES string of the molecule is Cc1cc(C)c2c(Br)c(C(=O)NCc3ccc(S(C)(=O)=O)cc3)sc2n1. The average molecular weight is 453 g/mol. The van der Waals surface area contributed by atoms with Crippen LogP contribution in [-0.4, -0.2) is 25.6 Å². The number of hydrogen-bond acceptors (Lipinski definition) is 5. The molecule has 1 aromatic carbocycles. The number of aromatic nitrogens is 1. The lowest BCUT2D eigenvalue weighted by molar-refractivity contribution is 0.0954. The summed E-state index contributed by atoms with van der Waals surface area (Å²) in [7, 11) is -3.22. The number of rotatable bonds is 4. The van der Waals surface area contributed by atoms with Crippen LogP contribution in [0.25, 0.3) is 10.2 Å². The molecule has 1 amide bonds. The van der Waals surface area contributed by atoms with Crippen LogP contribution in [0.15, 0.2) is 39.7 Å². The van der Waals surface area contributed by atoms with Gasteiger partial charge in [0.15, 0.2) is 9.84 Å². The Hall–Kier alpha value is -1.77. The molecule has 2 heterocycles. The molecule has 0 atom stereocenters. The predicted octanol–water partition coefficient (Wildman–Crippen LogP) is 4.01. The summed E-state index contributed by atoms with van der Waals surface area (Å²) in [5.74, 6) is -0.191. The summed E-state index contributed by atoms with van der Waals surface area (Å²) in [6.45, 7) is 4.24. The first-order valence-electron chi connectivity index (χ1n) is 7.80. The Morgan fingerprint density at radius 1 is 1.23 bits per heavy atom. The fraction of sp³-hybridized carbons (Fsp3) is 0.222. The number of sulfone groups is 1. The molecule has 0 aliphatic heterocycles. The van der Waals surface area contributed by atoms with Crippen LogP contribution in [-0.2, 0) is 16.4 Å². The highest BCUT2D eigenvalue weighted by Crippen LogP contribution is 2.36. The van der Waals surface area contributed by atoms with Gasteiger partial charge in [-0.05, 0) is 59.1 Å². The number of benzene rings is 1. The first-order valence-corrected chi connectivity index (χ1v) is 11.3. The second-order valence-electron chi connectivity index (χ2n) is 6.10. The molecule has 0 fully saturated rings. The van der Waals surface area contributed by atoms with Gasteiger partial charge in [0.2, 0.25) is 0 Å². The molecule has 0 unspecified atom stereocenters. The second-order valence-corrected chi connectivity index (χ2v) is 9.91. The van der Waals surface area contributed by atoms with Gasteiger partial charge in [-0.2, -0.15) is 0 Å². The fourth-order valence-electron chi connectivity index (χ4n) is 2.66. The lowest BCUT2D eigenvalue weighted by Gasteiger charge is -2.05. The maximum Gasteiger partial charge on any atom is 0.262 e. The third kappa shape index (κ3) is 3.82. The van der Waals surface area contributed by atoms with Crippen molar-refractivity contribution in [1.82, 2.24) is 10.3 Å². The molecule has 0 aliphatic rings. The molecule has 136 valence electrons. The standard InChI is InChI=1S/C18H17BrN2O3S2/c1-10-8-11(2)21-18-14(10)15(19)16(25-18)17(22)20-9-12-4-6-13(7-5-12)26(3,23)24/h4-8H,9H2,1-3H3,(H,20,22). The van der Waals surface area contributed by atoms with Gasteiger partial charge in [-0.15, -0.1) is 11.3 Å². The third-order valence-electron chi connectivity index (χ3n) is 3.94. The van der Waals surface area contributed by atoms with Gasteiger partial charge in [0.25, 0.3) is 5.91 Å². The minimum Gasteiger partial charge on any atom is -0.347 e. The number of nitrogens with one attached hydrogen (secondary N) is 1. The zero-order chi connectivity index (χ0) is 19.1. The number of amides is 1. The Balaban J connectivity index is 1.79. The molecular weight excluding hydrogens is 436 g/mol. The zero-order valence-electron chi connectivity index (χ0n) is 14.5. The quantitative estimate of drug-likeness (QED) is 0.648. The van der Waals surface area contributed by atoms with Crippen LogP contribution < -0.4 is 5.32 Å². The summed E-state index contributed by atoms with van der Waals surface area (Å²) in [6.07, 6.45) is 1.17. The number of fused-ring (bicyclic) bond motifs is 1. The predicted molar refractivity (Wildman–Crippen MR) is 108 cm³/mol. The van der Waals surface area contributed by atoms with Gasteiger partial charge < -0.3 is 5.32 Å². The highest BCUT2D eigenvalue weighted by molar-refractivity contribution is 9.10. The zero-order valence-corrected chi connectivity index (χ0v) is 17.7. The van der Waals surface area contributed by atoms with Crippen LogP contribution in [0.1, 0.15) is 26.5 Å².